The van der Waals surface area contributed by atoms with Crippen molar-refractivity contribution in [2.45, 2.75) is 45.7 Å². The van der Waals surface area contributed by atoms with Gasteiger partial charge in [0.25, 0.3) is 0 Å². The molecular weight excluding hydrogens is 379 g/mol. The van der Waals surface area contributed by atoms with Crippen LogP contribution in [0.1, 0.15) is 32.8 Å². The average molecular weight is 403 g/mol. The van der Waals surface area contributed by atoms with Crippen molar-refractivity contribution in [1.82, 2.24) is 10.6 Å². The number of rotatable bonds is 8. The van der Waals surface area contributed by atoms with E-state index in [4.69, 9.17) is 27.9 Å². The number of hydrogen-bond acceptors (Lipinski definition) is 4. The number of halogens is 2. The van der Waals surface area contributed by atoms with Gasteiger partial charge in [-0.25, -0.2) is 4.79 Å². The Morgan fingerprint density at radius 2 is 1.77 bits per heavy atom. The lowest BCUT2D eigenvalue weighted by Gasteiger charge is -2.23. The third-order valence-electron chi connectivity index (χ3n) is 3.64. The highest BCUT2D eigenvalue weighted by molar-refractivity contribution is 6.35. The molecule has 0 unspecified atom stereocenters. The number of methoxy groups -OCH3 is 1. The molecule has 0 aliphatic heterocycles. The minimum absolute atomic E-state index is 0.142. The van der Waals surface area contributed by atoms with E-state index in [9.17, 15) is 14.4 Å². The van der Waals surface area contributed by atoms with Gasteiger partial charge in [-0.3, -0.25) is 9.59 Å². The van der Waals surface area contributed by atoms with Crippen molar-refractivity contribution in [3.05, 3.63) is 33.8 Å². The van der Waals surface area contributed by atoms with Crippen LogP contribution in [-0.2, 0) is 25.5 Å². The molecule has 1 aromatic carbocycles. The van der Waals surface area contributed by atoms with E-state index in [1.165, 1.54) is 14.0 Å². The molecule has 0 radical (unpaired) electrons. The van der Waals surface area contributed by atoms with Gasteiger partial charge in [-0.15, -0.1) is 0 Å². The lowest BCUT2D eigenvalue weighted by atomic mass is 10.0. The molecule has 0 bridgehead atoms. The molecule has 144 valence electrons. The zero-order valence-corrected chi connectivity index (χ0v) is 16.8. The molecule has 0 saturated carbocycles. The first kappa shape index (κ1) is 22.3. The monoisotopic (exact) mass is 402 g/mol. The van der Waals surface area contributed by atoms with E-state index >= 15 is 0 Å². The Morgan fingerprint density at radius 3 is 2.27 bits per heavy atom. The molecule has 0 aromatic heterocycles. The predicted molar refractivity (Wildman–Crippen MR) is 101 cm³/mol. The molecule has 2 atom stereocenters. The van der Waals surface area contributed by atoms with E-state index in [2.05, 4.69) is 10.6 Å². The summed E-state index contributed by atoms with van der Waals surface area (Å²) in [5.41, 5.74) is 0.645. The Balaban J connectivity index is 2.96. The fourth-order valence-corrected chi connectivity index (χ4v) is 2.95. The van der Waals surface area contributed by atoms with Crippen LogP contribution in [0, 0.1) is 5.92 Å². The third kappa shape index (κ3) is 7.22. The second kappa shape index (κ2) is 10.4. The van der Waals surface area contributed by atoms with Gasteiger partial charge in [0.05, 0.1) is 7.11 Å². The van der Waals surface area contributed by atoms with Gasteiger partial charge in [0.1, 0.15) is 12.1 Å². The summed E-state index contributed by atoms with van der Waals surface area (Å²) < 4.78 is 4.78. The van der Waals surface area contributed by atoms with E-state index in [1.807, 2.05) is 13.8 Å². The number of carbonyl (C=O) groups excluding carboxylic acids is 3. The molecule has 0 saturated heterocycles. The van der Waals surface area contributed by atoms with Crippen LogP contribution in [0.5, 0.6) is 0 Å². The highest BCUT2D eigenvalue weighted by Gasteiger charge is 2.28. The van der Waals surface area contributed by atoms with Gasteiger partial charge >= 0.3 is 5.97 Å². The maximum absolute atomic E-state index is 12.6. The van der Waals surface area contributed by atoms with Crippen molar-refractivity contribution in [2.24, 2.45) is 5.92 Å². The zero-order chi connectivity index (χ0) is 19.9. The van der Waals surface area contributed by atoms with Crippen LogP contribution >= 0.6 is 23.2 Å². The van der Waals surface area contributed by atoms with E-state index in [-0.39, 0.29) is 18.2 Å². The molecule has 6 nitrogen and oxygen atoms in total. The van der Waals surface area contributed by atoms with Crippen molar-refractivity contribution < 1.29 is 19.1 Å². The Hall–Kier alpha value is -1.79. The van der Waals surface area contributed by atoms with Gasteiger partial charge in [0.15, 0.2) is 0 Å². The molecule has 1 aromatic rings. The molecule has 0 aliphatic carbocycles. The van der Waals surface area contributed by atoms with E-state index < -0.39 is 24.0 Å². The van der Waals surface area contributed by atoms with Crippen molar-refractivity contribution in [3.8, 4) is 0 Å². The Labute approximate surface area is 163 Å². The number of ether oxygens (including phenoxy) is 1. The van der Waals surface area contributed by atoms with Crippen LogP contribution in [0.4, 0.5) is 0 Å². The fourth-order valence-electron chi connectivity index (χ4n) is 2.46. The Bertz CT molecular complexity index is 665. The molecule has 0 fully saturated rings. The normalized spacial score (nSPS) is 13.0. The van der Waals surface area contributed by atoms with Gasteiger partial charge < -0.3 is 15.4 Å². The van der Waals surface area contributed by atoms with Crippen LogP contribution in [0.3, 0.4) is 0 Å². The molecule has 0 spiro atoms. The predicted octanol–water partition coefficient (Wildman–Crippen LogP) is 2.74. The van der Waals surface area contributed by atoms with Gasteiger partial charge in [-0.05, 0) is 30.0 Å². The van der Waals surface area contributed by atoms with Crippen LogP contribution < -0.4 is 10.6 Å². The SMILES string of the molecule is COC(=O)[C@H](Cc1ccc(Cl)cc1Cl)NC(=O)[C@H](CC(C)C)NC(C)=O. The van der Waals surface area contributed by atoms with Crippen LogP contribution in [0.2, 0.25) is 10.0 Å². The molecule has 0 heterocycles. The smallest absolute Gasteiger partial charge is 0.328 e. The zero-order valence-electron chi connectivity index (χ0n) is 15.3. The highest BCUT2D eigenvalue weighted by Crippen LogP contribution is 2.22. The largest absolute Gasteiger partial charge is 0.467 e. The van der Waals surface area contributed by atoms with Crippen molar-refractivity contribution >= 4 is 41.0 Å². The second-order valence-corrected chi connectivity index (χ2v) is 7.25. The summed E-state index contributed by atoms with van der Waals surface area (Å²) in [5.74, 6) is -1.19. The maximum atomic E-state index is 12.6. The lowest BCUT2D eigenvalue weighted by molar-refractivity contribution is -0.145. The number of benzene rings is 1. The molecule has 8 heteroatoms. The minimum Gasteiger partial charge on any atom is -0.467 e. The van der Waals surface area contributed by atoms with Crippen molar-refractivity contribution in [1.29, 1.82) is 0 Å². The second-order valence-electron chi connectivity index (χ2n) is 6.41. The summed E-state index contributed by atoms with van der Waals surface area (Å²) in [6.45, 7) is 5.21. The quantitative estimate of drug-likeness (QED) is 0.654. The van der Waals surface area contributed by atoms with E-state index in [0.29, 0.717) is 22.0 Å². The topological polar surface area (TPSA) is 84.5 Å². The molecule has 2 amide bonds. The fraction of sp³-hybridized carbons (Fsp3) is 0.500. The number of amides is 2. The van der Waals surface area contributed by atoms with Gasteiger partial charge in [-0.1, -0.05) is 43.1 Å². The first-order valence-corrected chi connectivity index (χ1v) is 8.98. The minimum atomic E-state index is -0.936. The Kier molecular flexibility index (Phi) is 8.88. The molecule has 0 aliphatic rings. The number of carbonyl (C=O) groups is 3. The number of hydrogen-bond donors (Lipinski definition) is 2. The average Bonchev–Trinajstić information content (AvgIpc) is 2.54. The van der Waals surface area contributed by atoms with Gasteiger partial charge in [-0.2, -0.15) is 0 Å². The lowest BCUT2D eigenvalue weighted by Crippen LogP contribution is -2.52. The highest BCUT2D eigenvalue weighted by atomic mass is 35.5. The van der Waals surface area contributed by atoms with Crippen LogP contribution in [0.25, 0.3) is 0 Å². The van der Waals surface area contributed by atoms with Crippen molar-refractivity contribution in [2.75, 3.05) is 7.11 Å². The first-order chi connectivity index (χ1) is 12.1. The first-order valence-electron chi connectivity index (χ1n) is 8.23. The number of esters is 1. The Morgan fingerprint density at radius 1 is 1.12 bits per heavy atom. The summed E-state index contributed by atoms with van der Waals surface area (Å²) in [7, 11) is 1.24. The molecule has 1 rings (SSSR count). The molecular formula is C18H24Cl2N2O4. The van der Waals surface area contributed by atoms with Gasteiger partial charge in [0, 0.05) is 23.4 Å². The summed E-state index contributed by atoms with van der Waals surface area (Å²) in [6, 6.07) is 3.23. The van der Waals surface area contributed by atoms with Crippen molar-refractivity contribution in [3.63, 3.8) is 0 Å². The summed E-state index contributed by atoms with van der Waals surface area (Å²) in [5, 5.41) is 6.12. The summed E-state index contributed by atoms with van der Waals surface area (Å²) in [4.78, 5) is 36.1. The standard InChI is InChI=1S/C18H24Cl2N2O4/c1-10(2)7-15(21-11(3)23)17(24)22-16(18(25)26-4)8-12-5-6-13(19)9-14(12)20/h5-6,9-10,15-16H,7-8H2,1-4H3,(H,21,23)(H,22,24)/t15-,16-/m0/s1. The molecule has 26 heavy (non-hydrogen) atoms. The maximum Gasteiger partial charge on any atom is 0.328 e. The van der Waals surface area contributed by atoms with Crippen LogP contribution in [0.15, 0.2) is 18.2 Å². The third-order valence-corrected chi connectivity index (χ3v) is 4.23. The molecule has 2 N–H and O–H groups in total. The van der Waals surface area contributed by atoms with E-state index in [1.54, 1.807) is 18.2 Å². The van der Waals surface area contributed by atoms with Gasteiger partial charge in [0.2, 0.25) is 11.8 Å². The summed E-state index contributed by atoms with van der Waals surface area (Å²) >= 11 is 12.0. The summed E-state index contributed by atoms with van der Waals surface area (Å²) in [6.07, 6.45) is 0.587. The van der Waals surface area contributed by atoms with Crippen LogP contribution in [-0.4, -0.2) is 37.0 Å². The number of nitrogens with one attached hydrogen (secondary N) is 2. The van der Waals surface area contributed by atoms with E-state index in [0.717, 1.165) is 0 Å².